The SMILES string of the molecule is CC1CCC(C(C)C)C(OP(Cl)OC2CC(C)CCC2C(C)C)C1. The van der Waals surface area contributed by atoms with Crippen LogP contribution < -0.4 is 0 Å². The summed E-state index contributed by atoms with van der Waals surface area (Å²) in [6.45, 7) is 13.9. The van der Waals surface area contributed by atoms with Crippen molar-refractivity contribution in [3.05, 3.63) is 0 Å². The minimum atomic E-state index is -1.29. The summed E-state index contributed by atoms with van der Waals surface area (Å²) in [5.41, 5.74) is 0. The molecule has 0 bridgehead atoms. The van der Waals surface area contributed by atoms with Gasteiger partial charge in [0.25, 0.3) is 7.73 Å². The monoisotopic (exact) mass is 376 g/mol. The maximum atomic E-state index is 6.60. The fourth-order valence-electron chi connectivity index (χ4n) is 4.71. The van der Waals surface area contributed by atoms with Crippen LogP contribution >= 0.6 is 19.0 Å². The standard InChI is InChI=1S/C20H38ClO2P/c1-13(2)17-9-7-15(5)11-19(17)22-24(21)23-20-12-16(6)8-10-18(20)14(3)4/h13-20H,7-12H2,1-6H3. The highest BCUT2D eigenvalue weighted by atomic mass is 35.7. The maximum Gasteiger partial charge on any atom is 0.277 e. The van der Waals surface area contributed by atoms with Crippen LogP contribution in [-0.2, 0) is 9.05 Å². The van der Waals surface area contributed by atoms with Gasteiger partial charge in [-0.3, -0.25) is 0 Å². The molecule has 0 aromatic carbocycles. The van der Waals surface area contributed by atoms with E-state index >= 15 is 0 Å². The zero-order valence-electron chi connectivity index (χ0n) is 16.5. The number of rotatable bonds is 6. The van der Waals surface area contributed by atoms with E-state index < -0.39 is 7.73 Å². The third-order valence-electron chi connectivity index (χ3n) is 6.36. The second kappa shape index (κ2) is 9.54. The van der Waals surface area contributed by atoms with Gasteiger partial charge in [-0.05, 0) is 72.4 Å². The fourth-order valence-corrected chi connectivity index (χ4v) is 6.28. The van der Waals surface area contributed by atoms with Crippen LogP contribution in [0, 0.1) is 35.5 Å². The van der Waals surface area contributed by atoms with E-state index in [0.29, 0.717) is 23.7 Å². The van der Waals surface area contributed by atoms with E-state index in [9.17, 15) is 0 Å². The normalized spacial score (nSPS) is 39.4. The highest BCUT2D eigenvalue weighted by Gasteiger charge is 2.37. The molecule has 2 fully saturated rings. The summed E-state index contributed by atoms with van der Waals surface area (Å²) in [4.78, 5) is 0. The Morgan fingerprint density at radius 1 is 0.750 bits per heavy atom. The Labute approximate surface area is 156 Å². The molecule has 0 N–H and O–H groups in total. The van der Waals surface area contributed by atoms with Gasteiger partial charge in [-0.25, -0.2) is 0 Å². The maximum absolute atomic E-state index is 6.60. The summed E-state index contributed by atoms with van der Waals surface area (Å²) >= 11 is 6.60. The second-order valence-electron chi connectivity index (χ2n) is 9.15. The molecule has 0 radical (unpaired) electrons. The van der Waals surface area contributed by atoms with Crippen LogP contribution in [0.15, 0.2) is 0 Å². The van der Waals surface area contributed by atoms with E-state index in [2.05, 4.69) is 41.5 Å². The quantitative estimate of drug-likeness (QED) is 0.449. The van der Waals surface area contributed by atoms with Gasteiger partial charge in [0, 0.05) is 0 Å². The zero-order chi connectivity index (χ0) is 17.9. The Morgan fingerprint density at radius 3 is 1.46 bits per heavy atom. The first-order valence-electron chi connectivity index (χ1n) is 10.1. The highest BCUT2D eigenvalue weighted by Crippen LogP contribution is 2.53. The van der Waals surface area contributed by atoms with Gasteiger partial charge >= 0.3 is 0 Å². The molecular formula is C20H38ClO2P. The van der Waals surface area contributed by atoms with E-state index in [0.717, 1.165) is 24.7 Å². The van der Waals surface area contributed by atoms with Crippen molar-refractivity contribution in [2.24, 2.45) is 35.5 Å². The number of halogens is 1. The molecule has 0 aliphatic heterocycles. The third kappa shape index (κ3) is 5.83. The molecule has 6 atom stereocenters. The van der Waals surface area contributed by atoms with Gasteiger partial charge in [-0.1, -0.05) is 54.4 Å². The molecule has 24 heavy (non-hydrogen) atoms. The minimum Gasteiger partial charge on any atom is -0.319 e. The Kier molecular flexibility index (Phi) is 8.33. The molecule has 0 saturated heterocycles. The third-order valence-corrected chi connectivity index (χ3v) is 7.71. The Morgan fingerprint density at radius 2 is 1.12 bits per heavy atom. The summed E-state index contributed by atoms with van der Waals surface area (Å²) in [6.07, 6.45) is 7.97. The van der Waals surface area contributed by atoms with Gasteiger partial charge in [0.2, 0.25) is 0 Å². The van der Waals surface area contributed by atoms with Crippen molar-refractivity contribution in [3.8, 4) is 0 Å². The molecule has 2 aliphatic carbocycles. The molecule has 0 aromatic heterocycles. The molecule has 142 valence electrons. The van der Waals surface area contributed by atoms with Crippen LogP contribution in [0.2, 0.25) is 0 Å². The van der Waals surface area contributed by atoms with Gasteiger partial charge in [-0.2, -0.15) is 0 Å². The average Bonchev–Trinajstić information content (AvgIpc) is 2.46. The van der Waals surface area contributed by atoms with Crippen LogP contribution in [-0.4, -0.2) is 12.2 Å². The van der Waals surface area contributed by atoms with Crippen molar-refractivity contribution >= 4 is 19.0 Å². The Hall–Kier alpha value is 0.640. The predicted octanol–water partition coefficient (Wildman–Crippen LogP) is 7.41. The summed E-state index contributed by atoms with van der Waals surface area (Å²) in [5.74, 6) is 4.03. The molecule has 0 amide bonds. The lowest BCUT2D eigenvalue weighted by Gasteiger charge is -2.40. The van der Waals surface area contributed by atoms with Gasteiger partial charge in [0.05, 0.1) is 12.2 Å². The van der Waals surface area contributed by atoms with E-state index in [1.807, 2.05) is 0 Å². The highest BCUT2D eigenvalue weighted by molar-refractivity contribution is 7.76. The smallest absolute Gasteiger partial charge is 0.277 e. The zero-order valence-corrected chi connectivity index (χ0v) is 18.2. The number of hydrogen-bond donors (Lipinski definition) is 0. The van der Waals surface area contributed by atoms with Gasteiger partial charge in [0.15, 0.2) is 0 Å². The van der Waals surface area contributed by atoms with Crippen LogP contribution in [0.5, 0.6) is 0 Å². The summed E-state index contributed by atoms with van der Waals surface area (Å²) in [6, 6.07) is 0. The molecule has 0 heterocycles. The van der Waals surface area contributed by atoms with Gasteiger partial charge in [-0.15, -0.1) is 0 Å². The predicted molar refractivity (Wildman–Crippen MR) is 105 cm³/mol. The minimum absolute atomic E-state index is 0.274. The summed E-state index contributed by atoms with van der Waals surface area (Å²) in [7, 11) is -1.29. The van der Waals surface area contributed by atoms with E-state index in [4.69, 9.17) is 20.3 Å². The van der Waals surface area contributed by atoms with Gasteiger partial charge < -0.3 is 9.05 Å². The van der Waals surface area contributed by atoms with Crippen molar-refractivity contribution in [2.75, 3.05) is 0 Å². The van der Waals surface area contributed by atoms with E-state index in [-0.39, 0.29) is 12.2 Å². The lowest BCUT2D eigenvalue weighted by molar-refractivity contribution is 0.0147. The molecule has 2 aliphatic rings. The van der Waals surface area contributed by atoms with Gasteiger partial charge in [0.1, 0.15) is 0 Å². The van der Waals surface area contributed by atoms with Crippen LogP contribution in [0.25, 0.3) is 0 Å². The first kappa shape index (κ1) is 20.9. The molecule has 2 saturated carbocycles. The first-order chi connectivity index (χ1) is 11.3. The molecule has 0 spiro atoms. The van der Waals surface area contributed by atoms with Crippen LogP contribution in [0.3, 0.4) is 0 Å². The summed E-state index contributed by atoms with van der Waals surface area (Å²) < 4.78 is 12.6. The second-order valence-corrected chi connectivity index (χ2v) is 10.8. The number of hydrogen-bond acceptors (Lipinski definition) is 2. The van der Waals surface area contributed by atoms with Crippen LogP contribution in [0.4, 0.5) is 0 Å². The molecule has 6 unspecified atom stereocenters. The largest absolute Gasteiger partial charge is 0.319 e. The van der Waals surface area contributed by atoms with Crippen molar-refractivity contribution in [1.82, 2.24) is 0 Å². The molecular weight excluding hydrogens is 339 g/mol. The lowest BCUT2D eigenvalue weighted by atomic mass is 9.75. The molecule has 2 rings (SSSR count). The molecule has 2 nitrogen and oxygen atoms in total. The van der Waals surface area contributed by atoms with Crippen molar-refractivity contribution in [1.29, 1.82) is 0 Å². The summed E-state index contributed by atoms with van der Waals surface area (Å²) in [5, 5.41) is 0. The fraction of sp³-hybridized carbons (Fsp3) is 1.00. The van der Waals surface area contributed by atoms with Crippen molar-refractivity contribution in [2.45, 2.75) is 92.3 Å². The van der Waals surface area contributed by atoms with Crippen molar-refractivity contribution in [3.63, 3.8) is 0 Å². The lowest BCUT2D eigenvalue weighted by Crippen LogP contribution is -2.35. The van der Waals surface area contributed by atoms with E-state index in [1.165, 1.54) is 25.7 Å². The molecule has 0 aromatic rings. The van der Waals surface area contributed by atoms with Crippen molar-refractivity contribution < 1.29 is 9.05 Å². The average molecular weight is 377 g/mol. The van der Waals surface area contributed by atoms with E-state index in [1.54, 1.807) is 0 Å². The topological polar surface area (TPSA) is 18.5 Å². The van der Waals surface area contributed by atoms with Crippen LogP contribution in [0.1, 0.15) is 80.1 Å². The first-order valence-corrected chi connectivity index (χ1v) is 12.2. The Bertz CT molecular complexity index is 343. The Balaban J connectivity index is 1.93. The molecule has 4 heteroatoms.